The Bertz CT molecular complexity index is 417. The van der Waals surface area contributed by atoms with Gasteiger partial charge >= 0.3 is 0 Å². The SMILES string of the molecule is CN1C2CC[C@@H]1C[C@H](c1ccc(Cl)cc1)[C@@H]2CCl. The molecule has 0 saturated carbocycles. The van der Waals surface area contributed by atoms with Gasteiger partial charge in [-0.25, -0.2) is 0 Å². The Morgan fingerprint density at radius 1 is 1.22 bits per heavy atom. The van der Waals surface area contributed by atoms with Gasteiger partial charge in [-0.05, 0) is 55.8 Å². The first-order valence-electron chi connectivity index (χ1n) is 6.74. The van der Waals surface area contributed by atoms with Gasteiger partial charge in [-0.2, -0.15) is 0 Å². The maximum absolute atomic E-state index is 6.26. The molecular formula is C15H19Cl2N. The van der Waals surface area contributed by atoms with Crippen molar-refractivity contribution < 1.29 is 0 Å². The third kappa shape index (κ3) is 2.07. The first-order valence-corrected chi connectivity index (χ1v) is 7.65. The van der Waals surface area contributed by atoms with E-state index in [0.717, 1.165) is 16.9 Å². The number of benzene rings is 1. The van der Waals surface area contributed by atoms with E-state index >= 15 is 0 Å². The predicted octanol–water partition coefficient (Wildman–Crippen LogP) is 4.15. The first-order chi connectivity index (χ1) is 8.70. The molecule has 3 rings (SSSR count). The molecule has 0 N–H and O–H groups in total. The van der Waals surface area contributed by atoms with Crippen molar-refractivity contribution in [2.75, 3.05) is 12.9 Å². The Kier molecular flexibility index (Phi) is 3.57. The van der Waals surface area contributed by atoms with Crippen LogP contribution in [0.25, 0.3) is 0 Å². The lowest BCUT2D eigenvalue weighted by molar-refractivity contribution is 0.111. The summed E-state index contributed by atoms with van der Waals surface area (Å²) in [7, 11) is 2.26. The summed E-state index contributed by atoms with van der Waals surface area (Å²) in [6, 6.07) is 9.77. The highest BCUT2D eigenvalue weighted by Gasteiger charge is 2.45. The van der Waals surface area contributed by atoms with Gasteiger partial charge in [-0.1, -0.05) is 23.7 Å². The van der Waals surface area contributed by atoms with E-state index in [2.05, 4.69) is 24.1 Å². The van der Waals surface area contributed by atoms with Gasteiger partial charge in [-0.15, -0.1) is 11.6 Å². The summed E-state index contributed by atoms with van der Waals surface area (Å²) < 4.78 is 0. The van der Waals surface area contributed by atoms with Gasteiger partial charge in [0, 0.05) is 23.0 Å². The third-order valence-electron chi connectivity index (χ3n) is 4.91. The van der Waals surface area contributed by atoms with E-state index in [-0.39, 0.29) is 0 Å². The van der Waals surface area contributed by atoms with E-state index in [9.17, 15) is 0 Å². The summed E-state index contributed by atoms with van der Waals surface area (Å²) in [6.45, 7) is 0. The Hall–Kier alpha value is -0.240. The molecule has 2 saturated heterocycles. The lowest BCUT2D eigenvalue weighted by Gasteiger charge is -2.42. The van der Waals surface area contributed by atoms with E-state index in [1.807, 2.05) is 12.1 Å². The van der Waals surface area contributed by atoms with E-state index in [1.165, 1.54) is 24.8 Å². The highest BCUT2D eigenvalue weighted by atomic mass is 35.5. The van der Waals surface area contributed by atoms with Crippen molar-refractivity contribution in [1.29, 1.82) is 0 Å². The Balaban J connectivity index is 1.89. The molecule has 18 heavy (non-hydrogen) atoms. The molecule has 0 spiro atoms. The molecule has 4 atom stereocenters. The molecule has 1 aromatic carbocycles. The van der Waals surface area contributed by atoms with Crippen molar-refractivity contribution in [2.24, 2.45) is 5.92 Å². The van der Waals surface area contributed by atoms with Gasteiger partial charge in [0.25, 0.3) is 0 Å². The van der Waals surface area contributed by atoms with Crippen molar-refractivity contribution in [1.82, 2.24) is 4.90 Å². The summed E-state index contributed by atoms with van der Waals surface area (Å²) >= 11 is 12.2. The van der Waals surface area contributed by atoms with Crippen LogP contribution in [-0.4, -0.2) is 29.9 Å². The van der Waals surface area contributed by atoms with E-state index in [1.54, 1.807) is 0 Å². The van der Waals surface area contributed by atoms with Crippen LogP contribution in [0.1, 0.15) is 30.7 Å². The number of rotatable bonds is 2. The smallest absolute Gasteiger partial charge is 0.0406 e. The van der Waals surface area contributed by atoms with E-state index < -0.39 is 0 Å². The molecule has 0 aromatic heterocycles. The number of alkyl halides is 1. The number of fused-ring (bicyclic) bond motifs is 2. The predicted molar refractivity (Wildman–Crippen MR) is 77.6 cm³/mol. The van der Waals surface area contributed by atoms with Crippen LogP contribution in [0, 0.1) is 5.92 Å². The second-order valence-electron chi connectivity index (χ2n) is 5.68. The van der Waals surface area contributed by atoms with Crippen LogP contribution in [0.3, 0.4) is 0 Å². The molecule has 2 fully saturated rings. The topological polar surface area (TPSA) is 3.24 Å². The fourth-order valence-electron chi connectivity index (χ4n) is 3.88. The average molecular weight is 284 g/mol. The summed E-state index contributed by atoms with van der Waals surface area (Å²) in [5.74, 6) is 1.94. The van der Waals surface area contributed by atoms with Gasteiger partial charge in [-0.3, -0.25) is 0 Å². The van der Waals surface area contributed by atoms with Crippen molar-refractivity contribution in [2.45, 2.75) is 37.3 Å². The van der Waals surface area contributed by atoms with Gasteiger partial charge in [0.1, 0.15) is 0 Å². The largest absolute Gasteiger partial charge is 0.300 e. The van der Waals surface area contributed by atoms with Gasteiger partial charge in [0.15, 0.2) is 0 Å². The molecule has 1 nitrogen and oxygen atoms in total. The van der Waals surface area contributed by atoms with Gasteiger partial charge < -0.3 is 4.90 Å². The fraction of sp³-hybridized carbons (Fsp3) is 0.600. The maximum atomic E-state index is 6.26. The second kappa shape index (κ2) is 5.03. The molecule has 0 amide bonds. The molecule has 1 unspecified atom stereocenters. The molecule has 0 aliphatic carbocycles. The number of hydrogen-bond acceptors (Lipinski definition) is 1. The van der Waals surface area contributed by atoms with Crippen molar-refractivity contribution in [3.8, 4) is 0 Å². The van der Waals surface area contributed by atoms with E-state index in [4.69, 9.17) is 23.2 Å². The molecule has 0 radical (unpaired) electrons. The summed E-state index contributed by atoms with van der Waals surface area (Å²) in [5.41, 5.74) is 1.41. The Labute approximate surface area is 119 Å². The van der Waals surface area contributed by atoms with Crippen LogP contribution in [0.4, 0.5) is 0 Å². The summed E-state index contributed by atoms with van der Waals surface area (Å²) in [6.07, 6.45) is 3.88. The number of halogens is 2. The number of piperidine rings is 1. The summed E-state index contributed by atoms with van der Waals surface area (Å²) in [5, 5.41) is 0.817. The van der Waals surface area contributed by atoms with Crippen molar-refractivity contribution in [3.63, 3.8) is 0 Å². The standard InChI is InChI=1S/C15H19Cl2N/c1-18-12-6-7-15(18)14(9-16)13(8-12)10-2-4-11(17)5-3-10/h2-5,12-15H,6-9H2,1H3/t12-,13-,14+,15?/m1/s1. The monoisotopic (exact) mass is 283 g/mol. The van der Waals surface area contributed by atoms with Crippen LogP contribution in [-0.2, 0) is 0 Å². The fourth-order valence-corrected chi connectivity index (χ4v) is 4.43. The molecule has 98 valence electrons. The lowest BCUT2D eigenvalue weighted by Crippen LogP contribution is -2.46. The molecule has 3 heteroatoms. The number of hydrogen-bond donors (Lipinski definition) is 0. The van der Waals surface area contributed by atoms with Gasteiger partial charge in [0.05, 0.1) is 0 Å². The molecule has 1 aromatic rings. The average Bonchev–Trinajstić information content (AvgIpc) is 2.63. The Morgan fingerprint density at radius 2 is 1.94 bits per heavy atom. The zero-order valence-corrected chi connectivity index (χ0v) is 12.2. The van der Waals surface area contributed by atoms with Crippen LogP contribution in [0.15, 0.2) is 24.3 Å². The number of nitrogens with zero attached hydrogens (tertiary/aromatic N) is 1. The minimum absolute atomic E-state index is 0.580. The van der Waals surface area contributed by atoms with E-state index in [0.29, 0.717) is 17.9 Å². The van der Waals surface area contributed by atoms with Crippen LogP contribution in [0.5, 0.6) is 0 Å². The second-order valence-corrected chi connectivity index (χ2v) is 6.42. The van der Waals surface area contributed by atoms with Gasteiger partial charge in [0.2, 0.25) is 0 Å². The minimum Gasteiger partial charge on any atom is -0.300 e. The summed E-state index contributed by atoms with van der Waals surface area (Å²) in [4.78, 5) is 2.56. The Morgan fingerprint density at radius 3 is 2.61 bits per heavy atom. The minimum atomic E-state index is 0.580. The molecule has 2 aliphatic heterocycles. The lowest BCUT2D eigenvalue weighted by atomic mass is 9.77. The molecular weight excluding hydrogens is 265 g/mol. The quantitative estimate of drug-likeness (QED) is 0.738. The molecule has 2 aliphatic rings. The highest BCUT2D eigenvalue weighted by molar-refractivity contribution is 6.30. The van der Waals surface area contributed by atoms with Crippen molar-refractivity contribution >= 4 is 23.2 Å². The zero-order valence-electron chi connectivity index (χ0n) is 10.7. The van der Waals surface area contributed by atoms with Crippen LogP contribution < -0.4 is 0 Å². The normalized spacial score (nSPS) is 35.9. The zero-order chi connectivity index (χ0) is 12.7. The third-order valence-corrected chi connectivity index (χ3v) is 5.52. The molecule has 2 bridgehead atoms. The maximum Gasteiger partial charge on any atom is 0.0406 e. The first kappa shape index (κ1) is 12.8. The van der Waals surface area contributed by atoms with Crippen LogP contribution in [0.2, 0.25) is 5.02 Å². The molecule has 2 heterocycles. The highest BCUT2D eigenvalue weighted by Crippen LogP contribution is 2.46. The van der Waals surface area contributed by atoms with Crippen LogP contribution >= 0.6 is 23.2 Å². The van der Waals surface area contributed by atoms with Crippen molar-refractivity contribution in [3.05, 3.63) is 34.9 Å².